The summed E-state index contributed by atoms with van der Waals surface area (Å²) in [6.45, 7) is 0. The van der Waals surface area contributed by atoms with Crippen molar-refractivity contribution in [2.24, 2.45) is 0 Å². The molecule has 146 valence electrons. The summed E-state index contributed by atoms with van der Waals surface area (Å²) >= 11 is 5.85. The number of halogens is 2. The van der Waals surface area contributed by atoms with Crippen molar-refractivity contribution >= 4 is 35.0 Å². The van der Waals surface area contributed by atoms with Crippen LogP contribution in [0.5, 0.6) is 0 Å². The zero-order valence-electron chi connectivity index (χ0n) is 14.8. The lowest BCUT2D eigenvalue weighted by molar-refractivity contribution is -0.132. The molecule has 0 saturated heterocycles. The summed E-state index contributed by atoms with van der Waals surface area (Å²) in [5, 5.41) is 19.7. The van der Waals surface area contributed by atoms with Crippen LogP contribution < -0.4 is 10.6 Å². The van der Waals surface area contributed by atoms with Crippen molar-refractivity contribution in [2.75, 3.05) is 10.6 Å². The van der Waals surface area contributed by atoms with E-state index in [1.165, 1.54) is 29.1 Å². The molecule has 9 heteroatoms. The van der Waals surface area contributed by atoms with Gasteiger partial charge in [-0.3, -0.25) is 4.79 Å². The van der Waals surface area contributed by atoms with Crippen LogP contribution in [0.3, 0.4) is 0 Å². The number of benzene rings is 2. The highest BCUT2D eigenvalue weighted by Gasteiger charge is 2.29. The van der Waals surface area contributed by atoms with E-state index in [1.807, 2.05) is 0 Å². The van der Waals surface area contributed by atoms with Gasteiger partial charge in [0.15, 0.2) is 0 Å². The molecule has 0 bridgehead atoms. The molecule has 1 unspecified atom stereocenters. The number of nitrogens with zero attached hydrogens (tertiary/aromatic N) is 2. The van der Waals surface area contributed by atoms with Crippen LogP contribution in [0.15, 0.2) is 66.5 Å². The topological polar surface area (TPSA) is 96.2 Å². The van der Waals surface area contributed by atoms with Crippen LogP contribution in [-0.4, -0.2) is 26.8 Å². The molecule has 3 aromatic rings. The Kier molecular flexibility index (Phi) is 4.77. The Bertz CT molecular complexity index is 1120. The molecule has 29 heavy (non-hydrogen) atoms. The summed E-state index contributed by atoms with van der Waals surface area (Å²) in [4.78, 5) is 24.3. The minimum Gasteiger partial charge on any atom is -0.477 e. The van der Waals surface area contributed by atoms with E-state index < -0.39 is 23.7 Å². The van der Waals surface area contributed by atoms with Crippen LogP contribution in [0, 0.1) is 5.82 Å². The van der Waals surface area contributed by atoms with Gasteiger partial charge in [-0.25, -0.2) is 13.9 Å². The predicted octanol–water partition coefficient (Wildman–Crippen LogP) is 3.91. The van der Waals surface area contributed by atoms with Crippen LogP contribution >= 0.6 is 11.6 Å². The molecule has 1 amide bonds. The van der Waals surface area contributed by atoms with Crippen molar-refractivity contribution in [1.82, 2.24) is 9.78 Å². The average Bonchev–Trinajstić information content (AvgIpc) is 3.14. The third-order valence-corrected chi connectivity index (χ3v) is 4.68. The Morgan fingerprint density at radius 3 is 2.48 bits per heavy atom. The first-order chi connectivity index (χ1) is 13.9. The summed E-state index contributed by atoms with van der Waals surface area (Å²) in [7, 11) is 0. The van der Waals surface area contributed by atoms with Gasteiger partial charge >= 0.3 is 5.97 Å². The molecule has 2 aromatic carbocycles. The van der Waals surface area contributed by atoms with Gasteiger partial charge in [-0.2, -0.15) is 5.10 Å². The number of aromatic nitrogens is 2. The van der Waals surface area contributed by atoms with E-state index in [0.717, 1.165) is 0 Å². The van der Waals surface area contributed by atoms with Gasteiger partial charge in [-0.15, -0.1) is 0 Å². The van der Waals surface area contributed by atoms with Gasteiger partial charge in [-0.1, -0.05) is 23.7 Å². The van der Waals surface area contributed by atoms with E-state index in [1.54, 1.807) is 36.4 Å². The molecule has 4 rings (SSSR count). The van der Waals surface area contributed by atoms with Gasteiger partial charge in [0, 0.05) is 10.7 Å². The maximum atomic E-state index is 13.3. The quantitative estimate of drug-likeness (QED) is 0.603. The fourth-order valence-corrected chi connectivity index (χ4v) is 3.14. The zero-order chi connectivity index (χ0) is 20.5. The van der Waals surface area contributed by atoms with Gasteiger partial charge in [0.25, 0.3) is 5.91 Å². The Morgan fingerprint density at radius 2 is 1.83 bits per heavy atom. The average molecular weight is 413 g/mol. The van der Waals surface area contributed by atoms with Crippen molar-refractivity contribution < 1.29 is 19.1 Å². The summed E-state index contributed by atoms with van der Waals surface area (Å²) in [6, 6.07) is 11.6. The molecule has 1 aromatic heterocycles. The van der Waals surface area contributed by atoms with Gasteiger partial charge in [0.2, 0.25) is 0 Å². The number of allylic oxidation sites excluding steroid dienone is 1. The molecular weight excluding hydrogens is 399 g/mol. The number of anilines is 2. The lowest BCUT2D eigenvalue weighted by Crippen LogP contribution is -2.25. The van der Waals surface area contributed by atoms with Gasteiger partial charge in [0.1, 0.15) is 22.9 Å². The van der Waals surface area contributed by atoms with Gasteiger partial charge in [-0.05, 0) is 48.0 Å². The van der Waals surface area contributed by atoms with Crippen molar-refractivity contribution in [1.29, 1.82) is 0 Å². The Balaban J connectivity index is 1.70. The van der Waals surface area contributed by atoms with Crippen LogP contribution in [0.4, 0.5) is 15.9 Å². The van der Waals surface area contributed by atoms with E-state index in [9.17, 15) is 19.1 Å². The van der Waals surface area contributed by atoms with E-state index >= 15 is 0 Å². The van der Waals surface area contributed by atoms with Crippen LogP contribution in [-0.2, 0) is 4.79 Å². The number of nitrogens with one attached hydrogen (secondary N) is 2. The number of aliphatic carboxylic acids is 1. The van der Waals surface area contributed by atoms with Gasteiger partial charge in [0.05, 0.1) is 12.2 Å². The van der Waals surface area contributed by atoms with Crippen molar-refractivity contribution in [3.05, 3.63) is 88.5 Å². The number of carboxylic acids is 1. The lowest BCUT2D eigenvalue weighted by Gasteiger charge is -2.24. The number of amides is 1. The number of rotatable bonds is 4. The lowest BCUT2D eigenvalue weighted by atomic mass is 10.0. The van der Waals surface area contributed by atoms with Gasteiger partial charge < -0.3 is 15.7 Å². The number of hydrogen-bond donors (Lipinski definition) is 3. The monoisotopic (exact) mass is 412 g/mol. The molecule has 0 saturated carbocycles. The van der Waals surface area contributed by atoms with Crippen molar-refractivity contribution in [2.45, 2.75) is 6.04 Å². The second-order valence-corrected chi connectivity index (χ2v) is 6.76. The predicted molar refractivity (Wildman–Crippen MR) is 106 cm³/mol. The number of fused-ring (bicyclic) bond motifs is 1. The SMILES string of the molecule is O=C(O)C1=CC(c2ccc(F)cc2)n2ncc(C(=O)Nc3ccc(Cl)cc3)c2N1. The van der Waals surface area contributed by atoms with E-state index in [0.29, 0.717) is 16.3 Å². The van der Waals surface area contributed by atoms with E-state index in [2.05, 4.69) is 15.7 Å². The fraction of sp³-hybridized carbons (Fsp3) is 0.0500. The molecule has 3 N–H and O–H groups in total. The molecule has 1 aliphatic heterocycles. The Hall–Kier alpha value is -3.65. The zero-order valence-corrected chi connectivity index (χ0v) is 15.5. The molecule has 1 aliphatic rings. The second-order valence-electron chi connectivity index (χ2n) is 6.32. The van der Waals surface area contributed by atoms with E-state index in [-0.39, 0.29) is 17.1 Å². The van der Waals surface area contributed by atoms with Crippen molar-refractivity contribution in [3.8, 4) is 0 Å². The summed E-state index contributed by atoms with van der Waals surface area (Å²) in [5.41, 5.74) is 1.21. The molecule has 0 spiro atoms. The first kappa shape index (κ1) is 18.7. The molecule has 0 radical (unpaired) electrons. The highest BCUT2D eigenvalue weighted by molar-refractivity contribution is 6.30. The number of carbonyl (C=O) groups excluding carboxylic acids is 1. The first-order valence-corrected chi connectivity index (χ1v) is 8.92. The first-order valence-electron chi connectivity index (χ1n) is 8.54. The molecule has 1 atom stereocenters. The summed E-state index contributed by atoms with van der Waals surface area (Å²) in [6.07, 6.45) is 2.80. The summed E-state index contributed by atoms with van der Waals surface area (Å²) < 4.78 is 14.8. The highest BCUT2D eigenvalue weighted by atomic mass is 35.5. The standard InChI is InChI=1S/C20H14ClFN4O3/c21-12-3-7-14(8-4-12)24-19(27)15-10-23-26-17(11-1-5-13(22)6-2-11)9-16(20(28)29)25-18(15)26/h1-10,17,25H,(H,24,27)(H,28,29). The van der Waals surface area contributed by atoms with Crippen molar-refractivity contribution in [3.63, 3.8) is 0 Å². The third-order valence-electron chi connectivity index (χ3n) is 4.43. The molecule has 0 fully saturated rings. The molecule has 2 heterocycles. The van der Waals surface area contributed by atoms with Crippen LogP contribution in [0.1, 0.15) is 22.0 Å². The summed E-state index contributed by atoms with van der Waals surface area (Å²) in [5.74, 6) is -1.83. The molecule has 0 aliphatic carbocycles. The van der Waals surface area contributed by atoms with Crippen LogP contribution in [0.2, 0.25) is 5.02 Å². The minimum absolute atomic E-state index is 0.104. The van der Waals surface area contributed by atoms with E-state index in [4.69, 9.17) is 11.6 Å². The molecule has 7 nitrogen and oxygen atoms in total. The fourth-order valence-electron chi connectivity index (χ4n) is 3.02. The number of carboxylic acid groups (broad SMARTS) is 1. The maximum Gasteiger partial charge on any atom is 0.352 e. The molecular formula is C20H14ClFN4O3. The normalized spacial score (nSPS) is 15.1. The second kappa shape index (κ2) is 7.40. The highest BCUT2D eigenvalue weighted by Crippen LogP contribution is 2.32. The maximum absolute atomic E-state index is 13.3. The minimum atomic E-state index is -1.19. The Labute approximate surface area is 169 Å². The largest absolute Gasteiger partial charge is 0.477 e. The smallest absolute Gasteiger partial charge is 0.352 e. The number of hydrogen-bond acceptors (Lipinski definition) is 4. The Morgan fingerprint density at radius 1 is 1.14 bits per heavy atom. The van der Waals surface area contributed by atoms with Crippen LogP contribution in [0.25, 0.3) is 0 Å². The number of carbonyl (C=O) groups is 2. The third kappa shape index (κ3) is 3.70.